The zero-order valence-corrected chi connectivity index (χ0v) is 11.3. The van der Waals surface area contributed by atoms with Crippen molar-refractivity contribution in [2.45, 2.75) is 25.8 Å². The van der Waals surface area contributed by atoms with Crippen LogP contribution in [0, 0.1) is 0 Å². The molecule has 1 atom stereocenters. The van der Waals surface area contributed by atoms with Crippen LogP contribution in [0.5, 0.6) is 0 Å². The zero-order valence-electron chi connectivity index (χ0n) is 11.3. The second-order valence-corrected chi connectivity index (χ2v) is 4.32. The molecule has 1 unspecified atom stereocenters. The molecule has 0 saturated heterocycles. The summed E-state index contributed by atoms with van der Waals surface area (Å²) in [7, 11) is 1.49. The molecule has 2 amide bonds. The molecule has 0 saturated carbocycles. The number of carboxylic acid groups (broad SMARTS) is 1. The quantitative estimate of drug-likeness (QED) is 0.699. The summed E-state index contributed by atoms with van der Waals surface area (Å²) >= 11 is 0. The minimum Gasteiger partial charge on any atom is -0.481 e. The minimum atomic E-state index is -0.900. The summed E-state index contributed by atoms with van der Waals surface area (Å²) in [5.41, 5.74) is 0.544. The molecule has 1 heterocycles. The molecule has 20 heavy (non-hydrogen) atoms. The third-order valence-electron chi connectivity index (χ3n) is 2.65. The fraction of sp³-hybridized carbons (Fsp3) is 0.385. The van der Waals surface area contributed by atoms with Crippen molar-refractivity contribution in [1.82, 2.24) is 15.6 Å². The Labute approximate surface area is 116 Å². The second kappa shape index (κ2) is 7.22. The number of hydrogen-bond donors (Lipinski definition) is 3. The Morgan fingerprint density at radius 1 is 1.30 bits per heavy atom. The first-order valence-corrected chi connectivity index (χ1v) is 6.14. The summed E-state index contributed by atoms with van der Waals surface area (Å²) in [5.74, 6) is -1.58. The Kier molecular flexibility index (Phi) is 5.64. The number of rotatable bonds is 6. The number of nitrogens with one attached hydrogen (secondary N) is 2. The molecule has 0 fully saturated rings. The van der Waals surface area contributed by atoms with E-state index in [1.807, 2.05) is 0 Å². The van der Waals surface area contributed by atoms with Gasteiger partial charge in [0.05, 0.1) is 5.56 Å². The molecule has 0 spiro atoms. The van der Waals surface area contributed by atoms with Gasteiger partial charge in [0.1, 0.15) is 5.69 Å². The summed E-state index contributed by atoms with van der Waals surface area (Å²) in [5, 5.41) is 13.7. The van der Waals surface area contributed by atoms with Crippen molar-refractivity contribution in [3.8, 4) is 0 Å². The Hall–Kier alpha value is -2.44. The Morgan fingerprint density at radius 3 is 2.50 bits per heavy atom. The van der Waals surface area contributed by atoms with Gasteiger partial charge in [-0.25, -0.2) is 0 Å². The van der Waals surface area contributed by atoms with Gasteiger partial charge in [-0.3, -0.25) is 19.4 Å². The maximum absolute atomic E-state index is 11.9. The monoisotopic (exact) mass is 279 g/mol. The first-order valence-electron chi connectivity index (χ1n) is 6.14. The smallest absolute Gasteiger partial charge is 0.303 e. The summed E-state index contributed by atoms with van der Waals surface area (Å²) in [4.78, 5) is 37.5. The fourth-order valence-electron chi connectivity index (χ4n) is 1.51. The van der Waals surface area contributed by atoms with Crippen LogP contribution in [0.4, 0.5) is 0 Å². The maximum Gasteiger partial charge on any atom is 0.303 e. The van der Waals surface area contributed by atoms with Crippen LogP contribution in [-0.4, -0.2) is 41.0 Å². The molecule has 0 aliphatic heterocycles. The van der Waals surface area contributed by atoms with Gasteiger partial charge >= 0.3 is 5.97 Å². The minimum absolute atomic E-state index is 0.00466. The Morgan fingerprint density at radius 2 is 2.00 bits per heavy atom. The molecule has 0 radical (unpaired) electrons. The van der Waals surface area contributed by atoms with Crippen molar-refractivity contribution in [2.75, 3.05) is 7.05 Å². The average Bonchev–Trinajstić information content (AvgIpc) is 2.44. The van der Waals surface area contributed by atoms with Crippen molar-refractivity contribution in [2.24, 2.45) is 0 Å². The SMILES string of the molecule is CNC(=O)c1ccc(C(=O)NC(C)CCC(=O)O)cn1. The lowest BCUT2D eigenvalue weighted by molar-refractivity contribution is -0.137. The predicted molar refractivity (Wildman–Crippen MR) is 71.4 cm³/mol. The van der Waals surface area contributed by atoms with Crippen molar-refractivity contribution < 1.29 is 19.5 Å². The normalized spacial score (nSPS) is 11.5. The van der Waals surface area contributed by atoms with E-state index in [9.17, 15) is 14.4 Å². The van der Waals surface area contributed by atoms with Gasteiger partial charge in [-0.15, -0.1) is 0 Å². The van der Waals surface area contributed by atoms with E-state index in [0.717, 1.165) is 0 Å². The van der Waals surface area contributed by atoms with Crippen molar-refractivity contribution in [3.63, 3.8) is 0 Å². The van der Waals surface area contributed by atoms with E-state index in [1.54, 1.807) is 6.92 Å². The van der Waals surface area contributed by atoms with Gasteiger partial charge in [0.2, 0.25) is 0 Å². The van der Waals surface area contributed by atoms with Crippen LogP contribution < -0.4 is 10.6 Å². The number of pyridine rings is 1. The number of carbonyl (C=O) groups is 3. The molecule has 0 bridgehead atoms. The van der Waals surface area contributed by atoms with Crippen LogP contribution >= 0.6 is 0 Å². The van der Waals surface area contributed by atoms with Crippen molar-refractivity contribution in [3.05, 3.63) is 29.6 Å². The highest BCUT2D eigenvalue weighted by molar-refractivity contribution is 5.96. The van der Waals surface area contributed by atoms with Gasteiger partial charge in [0.25, 0.3) is 11.8 Å². The van der Waals surface area contributed by atoms with E-state index in [2.05, 4.69) is 15.6 Å². The highest BCUT2D eigenvalue weighted by atomic mass is 16.4. The number of nitrogens with zero attached hydrogens (tertiary/aromatic N) is 1. The maximum atomic E-state index is 11.9. The van der Waals surface area contributed by atoms with Crippen LogP contribution in [-0.2, 0) is 4.79 Å². The molecule has 0 aliphatic carbocycles. The van der Waals surface area contributed by atoms with Crippen molar-refractivity contribution >= 4 is 17.8 Å². The summed E-state index contributed by atoms with van der Waals surface area (Å²) in [6, 6.07) is 2.70. The van der Waals surface area contributed by atoms with Crippen LogP contribution in [0.2, 0.25) is 0 Å². The summed E-state index contributed by atoms with van der Waals surface area (Å²) < 4.78 is 0. The molecular weight excluding hydrogens is 262 g/mol. The highest BCUT2D eigenvalue weighted by Gasteiger charge is 2.12. The van der Waals surface area contributed by atoms with Gasteiger partial charge < -0.3 is 15.7 Å². The van der Waals surface area contributed by atoms with Gasteiger partial charge in [-0.2, -0.15) is 0 Å². The first-order chi connectivity index (χ1) is 9.43. The van der Waals surface area contributed by atoms with E-state index in [1.165, 1.54) is 25.4 Å². The molecule has 1 aromatic heterocycles. The lowest BCUT2D eigenvalue weighted by atomic mass is 10.1. The fourth-order valence-corrected chi connectivity index (χ4v) is 1.51. The highest BCUT2D eigenvalue weighted by Crippen LogP contribution is 2.03. The lowest BCUT2D eigenvalue weighted by Crippen LogP contribution is -2.33. The van der Waals surface area contributed by atoms with E-state index in [4.69, 9.17) is 5.11 Å². The van der Waals surface area contributed by atoms with Crippen LogP contribution in [0.25, 0.3) is 0 Å². The molecule has 1 rings (SSSR count). The third-order valence-corrected chi connectivity index (χ3v) is 2.65. The molecule has 0 aromatic carbocycles. The third kappa shape index (κ3) is 4.68. The largest absolute Gasteiger partial charge is 0.481 e. The molecule has 3 N–H and O–H groups in total. The zero-order chi connectivity index (χ0) is 15.1. The van der Waals surface area contributed by atoms with Crippen molar-refractivity contribution in [1.29, 1.82) is 0 Å². The summed E-state index contributed by atoms with van der Waals surface area (Å²) in [6.07, 6.45) is 1.66. The molecule has 0 aliphatic rings. The first kappa shape index (κ1) is 15.6. The van der Waals surface area contributed by atoms with Gasteiger partial charge in [0.15, 0.2) is 0 Å². The number of hydrogen-bond acceptors (Lipinski definition) is 4. The van der Waals surface area contributed by atoms with E-state index in [0.29, 0.717) is 12.0 Å². The van der Waals surface area contributed by atoms with Crippen LogP contribution in [0.1, 0.15) is 40.6 Å². The predicted octanol–water partition coefficient (Wildman–Crippen LogP) is 0.424. The molecule has 108 valence electrons. The second-order valence-electron chi connectivity index (χ2n) is 4.32. The van der Waals surface area contributed by atoms with Crippen LogP contribution in [0.3, 0.4) is 0 Å². The topological polar surface area (TPSA) is 108 Å². The Bertz CT molecular complexity index is 499. The van der Waals surface area contributed by atoms with E-state index >= 15 is 0 Å². The number of amides is 2. The molecular formula is C13H17N3O4. The average molecular weight is 279 g/mol. The number of aromatic nitrogens is 1. The Balaban J connectivity index is 2.59. The van der Waals surface area contributed by atoms with E-state index in [-0.39, 0.29) is 30.0 Å². The van der Waals surface area contributed by atoms with Gasteiger partial charge in [0, 0.05) is 25.7 Å². The van der Waals surface area contributed by atoms with E-state index < -0.39 is 5.97 Å². The van der Waals surface area contributed by atoms with Crippen LogP contribution in [0.15, 0.2) is 18.3 Å². The molecule has 1 aromatic rings. The number of carboxylic acids is 1. The summed E-state index contributed by atoms with van der Waals surface area (Å²) in [6.45, 7) is 1.73. The molecule has 7 nitrogen and oxygen atoms in total. The molecule has 7 heteroatoms. The van der Waals surface area contributed by atoms with Gasteiger partial charge in [-0.05, 0) is 25.5 Å². The standard InChI is InChI=1S/C13H17N3O4/c1-8(3-6-11(17)18)16-12(19)9-4-5-10(15-7-9)13(20)14-2/h4-5,7-8H,3,6H2,1-2H3,(H,14,20)(H,16,19)(H,17,18). The van der Waals surface area contributed by atoms with Gasteiger partial charge in [-0.1, -0.05) is 0 Å². The number of carbonyl (C=O) groups excluding carboxylic acids is 2. The lowest BCUT2D eigenvalue weighted by Gasteiger charge is -2.12. The number of aliphatic carboxylic acids is 1.